The van der Waals surface area contributed by atoms with E-state index in [1.54, 1.807) is 36.4 Å². The van der Waals surface area contributed by atoms with E-state index in [1.165, 1.54) is 5.41 Å². The second-order valence-electron chi connectivity index (χ2n) is 3.57. The fourth-order valence-corrected chi connectivity index (χ4v) is 2.45. The Labute approximate surface area is 156 Å². The summed E-state index contributed by atoms with van der Waals surface area (Å²) in [5.74, 6) is 0. The number of benzene rings is 2. The fourth-order valence-electron chi connectivity index (χ4n) is 1.42. The third kappa shape index (κ3) is 13.1. The second kappa shape index (κ2) is 20.2. The molecule has 0 bridgehead atoms. The average Bonchev–Trinajstić information content (AvgIpc) is 2.74. The number of rotatable bonds is 3. The Morgan fingerprint density at radius 3 is 1.36 bits per heavy atom. The summed E-state index contributed by atoms with van der Waals surface area (Å²) in [5, 5.41) is 1.23. The fraction of sp³-hybridized carbons (Fsp3) is 0.364. The molecule has 0 unspecified atom stereocenters. The maximum atomic E-state index is 11.9. The quantitative estimate of drug-likeness (QED) is 0.575. The van der Waals surface area contributed by atoms with Gasteiger partial charge in [0.25, 0.3) is 0 Å². The number of hydrogen-bond donors (Lipinski definition) is 0. The van der Waals surface area contributed by atoms with Crippen molar-refractivity contribution in [2.45, 2.75) is 60.3 Å². The van der Waals surface area contributed by atoms with Crippen molar-refractivity contribution in [2.75, 3.05) is 0 Å². The van der Waals surface area contributed by atoms with E-state index in [9.17, 15) is 8.42 Å². The van der Waals surface area contributed by atoms with E-state index in [1.807, 2.05) is 85.7 Å². The highest BCUT2D eigenvalue weighted by Gasteiger charge is 2.08. The average molecular weight is 365 g/mol. The van der Waals surface area contributed by atoms with Crippen molar-refractivity contribution in [1.82, 2.24) is 0 Å². The zero-order chi connectivity index (χ0) is 20.1. The highest BCUT2D eigenvalue weighted by atomic mass is 32.2. The van der Waals surface area contributed by atoms with Crippen LogP contribution in [0.15, 0.2) is 71.0 Å². The molecule has 0 saturated heterocycles. The topological polar surface area (TPSA) is 34.1 Å². The highest BCUT2D eigenvalue weighted by Crippen LogP contribution is 2.13. The van der Waals surface area contributed by atoms with Gasteiger partial charge in [0, 0.05) is 5.41 Å². The molecular weight excluding hydrogens is 328 g/mol. The summed E-state index contributed by atoms with van der Waals surface area (Å²) in [7, 11) is -3.34. The molecule has 0 atom stereocenters. The summed E-state index contributed by atoms with van der Waals surface area (Å²) in [6, 6.07) is 17.7. The molecule has 0 aliphatic heterocycles. The molecule has 2 rings (SSSR count). The molecule has 2 nitrogen and oxygen atoms in total. The summed E-state index contributed by atoms with van der Waals surface area (Å²) < 4.78 is 23.8. The van der Waals surface area contributed by atoms with Crippen LogP contribution in [-0.2, 0) is 9.84 Å². The van der Waals surface area contributed by atoms with Gasteiger partial charge in [-0.05, 0) is 23.8 Å². The van der Waals surface area contributed by atoms with Gasteiger partial charge in [0.05, 0.1) is 4.90 Å². The Morgan fingerprint density at radius 1 is 0.600 bits per heavy atom. The van der Waals surface area contributed by atoms with E-state index in [0.717, 1.165) is 5.56 Å². The predicted octanol–water partition coefficient (Wildman–Crippen LogP) is 7.24. The standard InChI is InChI=1S/C14H12O2S.4C2H6/c15-17(16,14-9-5-2-6-10-14)12-11-13-7-3-1-4-8-13;4*1-2/h1-12H;4*1-2H3/b12-11+;;;;. The highest BCUT2D eigenvalue weighted by molar-refractivity contribution is 7.94. The molecule has 0 heterocycles. The van der Waals surface area contributed by atoms with Gasteiger partial charge in [-0.3, -0.25) is 0 Å². The van der Waals surface area contributed by atoms with E-state index >= 15 is 0 Å². The first-order chi connectivity index (χ1) is 12.2. The van der Waals surface area contributed by atoms with Crippen molar-refractivity contribution >= 4 is 15.9 Å². The molecule has 142 valence electrons. The molecule has 3 heteroatoms. The lowest BCUT2D eigenvalue weighted by Gasteiger charge is -1.97. The van der Waals surface area contributed by atoms with Gasteiger partial charge in [-0.1, -0.05) is 104 Å². The van der Waals surface area contributed by atoms with Gasteiger partial charge in [0.1, 0.15) is 0 Å². The first-order valence-corrected chi connectivity index (χ1v) is 10.8. The molecule has 0 amide bonds. The smallest absolute Gasteiger partial charge is 0.199 e. The predicted molar refractivity (Wildman–Crippen MR) is 114 cm³/mol. The van der Waals surface area contributed by atoms with E-state index < -0.39 is 9.84 Å². The molecule has 0 fully saturated rings. The van der Waals surface area contributed by atoms with Crippen LogP contribution in [0.25, 0.3) is 6.08 Å². The first kappa shape index (κ1) is 28.0. The molecule has 25 heavy (non-hydrogen) atoms. The number of sulfone groups is 1. The number of hydrogen-bond acceptors (Lipinski definition) is 2. The first-order valence-electron chi connectivity index (χ1n) is 9.22. The van der Waals surface area contributed by atoms with Gasteiger partial charge in [0.2, 0.25) is 0 Å². The molecule has 0 aromatic heterocycles. The minimum absolute atomic E-state index is 0.312. The third-order valence-corrected chi connectivity index (χ3v) is 3.73. The Morgan fingerprint density at radius 2 is 0.960 bits per heavy atom. The summed E-state index contributed by atoms with van der Waals surface area (Å²) >= 11 is 0. The molecule has 0 spiro atoms. The Hall–Kier alpha value is -1.87. The van der Waals surface area contributed by atoms with Gasteiger partial charge in [-0.25, -0.2) is 8.42 Å². The van der Waals surface area contributed by atoms with Gasteiger partial charge in [0.15, 0.2) is 9.84 Å². The van der Waals surface area contributed by atoms with Crippen molar-refractivity contribution in [3.05, 3.63) is 71.6 Å². The Kier molecular flexibility index (Phi) is 22.6. The van der Waals surface area contributed by atoms with Crippen molar-refractivity contribution < 1.29 is 8.42 Å². The van der Waals surface area contributed by atoms with Crippen LogP contribution >= 0.6 is 0 Å². The zero-order valence-electron chi connectivity index (χ0n) is 17.2. The summed E-state index contributed by atoms with van der Waals surface area (Å²) in [5.41, 5.74) is 0.868. The summed E-state index contributed by atoms with van der Waals surface area (Å²) in [6.45, 7) is 16.0. The zero-order valence-corrected chi connectivity index (χ0v) is 18.0. The van der Waals surface area contributed by atoms with Crippen LogP contribution in [0.3, 0.4) is 0 Å². The van der Waals surface area contributed by atoms with E-state index in [-0.39, 0.29) is 0 Å². The molecule has 0 N–H and O–H groups in total. The molecule has 0 aliphatic carbocycles. The van der Waals surface area contributed by atoms with Crippen molar-refractivity contribution in [3.63, 3.8) is 0 Å². The monoisotopic (exact) mass is 364 g/mol. The van der Waals surface area contributed by atoms with Crippen LogP contribution in [0.4, 0.5) is 0 Å². The molecule has 0 radical (unpaired) electrons. The molecule has 0 saturated carbocycles. The van der Waals surface area contributed by atoms with E-state index in [0.29, 0.717) is 4.90 Å². The summed E-state index contributed by atoms with van der Waals surface area (Å²) in [6.07, 6.45) is 1.60. The van der Waals surface area contributed by atoms with Crippen LogP contribution in [0, 0.1) is 0 Å². The van der Waals surface area contributed by atoms with E-state index in [4.69, 9.17) is 0 Å². The maximum Gasteiger partial charge on any atom is 0.199 e. The van der Waals surface area contributed by atoms with Crippen LogP contribution < -0.4 is 0 Å². The Balaban J connectivity index is -0.000000533. The second-order valence-corrected chi connectivity index (χ2v) is 5.41. The van der Waals surface area contributed by atoms with Crippen LogP contribution in [0.1, 0.15) is 61.0 Å². The van der Waals surface area contributed by atoms with Crippen LogP contribution in [0.2, 0.25) is 0 Å². The lowest BCUT2D eigenvalue weighted by Crippen LogP contribution is -1.95. The van der Waals surface area contributed by atoms with Crippen molar-refractivity contribution in [1.29, 1.82) is 0 Å². The molecule has 2 aromatic rings. The van der Waals surface area contributed by atoms with Gasteiger partial charge >= 0.3 is 0 Å². The van der Waals surface area contributed by atoms with Gasteiger partial charge in [-0.15, -0.1) is 0 Å². The lowest BCUT2D eigenvalue weighted by molar-refractivity contribution is 0.605. The largest absolute Gasteiger partial charge is 0.219 e. The minimum atomic E-state index is -3.34. The van der Waals surface area contributed by atoms with Crippen LogP contribution in [-0.4, -0.2) is 8.42 Å². The van der Waals surface area contributed by atoms with Gasteiger partial charge < -0.3 is 0 Å². The maximum absolute atomic E-state index is 11.9. The van der Waals surface area contributed by atoms with E-state index in [2.05, 4.69) is 0 Å². The molecule has 2 aromatic carbocycles. The summed E-state index contributed by atoms with van der Waals surface area (Å²) in [4.78, 5) is 0.312. The van der Waals surface area contributed by atoms with Crippen molar-refractivity contribution in [2.24, 2.45) is 0 Å². The molecule has 0 aliphatic rings. The Bertz CT molecular complexity index is 601. The van der Waals surface area contributed by atoms with Crippen molar-refractivity contribution in [3.8, 4) is 0 Å². The third-order valence-electron chi connectivity index (χ3n) is 2.31. The van der Waals surface area contributed by atoms with Crippen LogP contribution in [0.5, 0.6) is 0 Å². The minimum Gasteiger partial charge on any atom is -0.219 e. The SMILES string of the molecule is CC.CC.CC.CC.O=S(=O)(/C=C/c1ccccc1)c1ccccc1. The normalized spacial score (nSPS) is 8.96. The lowest BCUT2D eigenvalue weighted by atomic mass is 10.2. The molecular formula is C22H36O2S. The van der Waals surface area contributed by atoms with Gasteiger partial charge in [-0.2, -0.15) is 0 Å².